The molecule has 3 heteroatoms. The summed E-state index contributed by atoms with van der Waals surface area (Å²) in [6, 6.07) is 7.77. The molecule has 2 rings (SSSR count). The van der Waals surface area contributed by atoms with E-state index in [0.29, 0.717) is 0 Å². The third-order valence-electron chi connectivity index (χ3n) is 2.75. The fraction of sp³-hybridized carbons (Fsp3) is 0.385. The van der Waals surface area contributed by atoms with Crippen LogP contribution in [0.15, 0.2) is 18.2 Å². The monoisotopic (exact) mass is 215 g/mol. The first kappa shape index (κ1) is 10.7. The highest BCUT2D eigenvalue weighted by Crippen LogP contribution is 2.25. The molecule has 82 valence electrons. The zero-order valence-corrected chi connectivity index (χ0v) is 9.03. The number of fused-ring (bicyclic) bond motifs is 1. The first-order valence-electron chi connectivity index (χ1n) is 5.43. The Labute approximate surface area is 94.6 Å². The van der Waals surface area contributed by atoms with Gasteiger partial charge in [-0.3, -0.25) is 4.79 Å². The van der Waals surface area contributed by atoms with E-state index < -0.39 is 0 Å². The molecule has 0 fully saturated rings. The molecular formula is C13H13NO2. The van der Waals surface area contributed by atoms with Crippen molar-refractivity contribution in [3.05, 3.63) is 29.3 Å². The molecule has 0 spiro atoms. The molecule has 0 saturated carbocycles. The maximum Gasteiger partial charge on any atom is 0.184 e. The van der Waals surface area contributed by atoms with Crippen LogP contribution in [0.25, 0.3) is 0 Å². The van der Waals surface area contributed by atoms with E-state index in [1.807, 2.05) is 18.2 Å². The fourth-order valence-corrected chi connectivity index (χ4v) is 1.94. The molecule has 0 aromatic heterocycles. The average molecular weight is 215 g/mol. The molecule has 16 heavy (non-hydrogen) atoms. The van der Waals surface area contributed by atoms with Crippen molar-refractivity contribution in [3.63, 3.8) is 0 Å². The molecule has 0 bridgehead atoms. The van der Waals surface area contributed by atoms with Crippen LogP contribution in [0, 0.1) is 11.3 Å². The highest BCUT2D eigenvalue weighted by molar-refractivity contribution is 5.81. The number of ketones is 1. The van der Waals surface area contributed by atoms with E-state index in [1.165, 1.54) is 17.5 Å². The number of hydrogen-bond donors (Lipinski definition) is 0. The Bertz CT molecular complexity index is 446. The third kappa shape index (κ3) is 2.40. The maximum absolute atomic E-state index is 11.1. The van der Waals surface area contributed by atoms with Crippen molar-refractivity contribution in [2.75, 3.05) is 6.61 Å². The van der Waals surface area contributed by atoms with Gasteiger partial charge in [-0.2, -0.15) is 5.26 Å². The summed E-state index contributed by atoms with van der Waals surface area (Å²) in [5.74, 6) is 0.551. The average Bonchev–Trinajstić information content (AvgIpc) is 2.74. The predicted octanol–water partition coefficient (Wildman–Crippen LogP) is 2.04. The van der Waals surface area contributed by atoms with Crippen molar-refractivity contribution in [1.82, 2.24) is 0 Å². The molecule has 3 nitrogen and oxygen atoms in total. The lowest BCUT2D eigenvalue weighted by Gasteiger charge is -2.06. The van der Waals surface area contributed by atoms with Crippen molar-refractivity contribution >= 4 is 5.78 Å². The second-order valence-electron chi connectivity index (χ2n) is 3.95. The Morgan fingerprint density at radius 3 is 3.00 bits per heavy atom. The normalized spacial score (nSPS) is 12.9. The largest absolute Gasteiger partial charge is 0.486 e. The zero-order valence-electron chi connectivity index (χ0n) is 9.03. The molecule has 0 amide bonds. The van der Waals surface area contributed by atoms with E-state index in [9.17, 15) is 4.79 Å². The Balaban J connectivity index is 1.96. The van der Waals surface area contributed by atoms with Crippen LogP contribution in [-0.2, 0) is 17.6 Å². The van der Waals surface area contributed by atoms with Crippen LogP contribution in [-0.4, -0.2) is 12.4 Å². The minimum absolute atomic E-state index is 0.00759. The van der Waals surface area contributed by atoms with Gasteiger partial charge < -0.3 is 4.74 Å². The number of aryl methyl sites for hydroxylation is 2. The van der Waals surface area contributed by atoms with Crippen molar-refractivity contribution in [2.24, 2.45) is 0 Å². The molecule has 0 unspecified atom stereocenters. The van der Waals surface area contributed by atoms with Crippen LogP contribution in [0.4, 0.5) is 0 Å². The Hall–Kier alpha value is -1.82. The molecular weight excluding hydrogens is 202 g/mol. The molecule has 0 atom stereocenters. The summed E-state index contributed by atoms with van der Waals surface area (Å²) in [7, 11) is 0. The zero-order chi connectivity index (χ0) is 11.4. The summed E-state index contributed by atoms with van der Waals surface area (Å²) in [5.41, 5.74) is 2.71. The van der Waals surface area contributed by atoms with Gasteiger partial charge in [0.25, 0.3) is 0 Å². The van der Waals surface area contributed by atoms with Gasteiger partial charge in [-0.25, -0.2) is 0 Å². The molecule has 0 N–H and O–H groups in total. The minimum atomic E-state index is -0.178. The lowest BCUT2D eigenvalue weighted by Crippen LogP contribution is -2.10. The first-order chi connectivity index (χ1) is 7.79. The summed E-state index contributed by atoms with van der Waals surface area (Å²) >= 11 is 0. The number of carbonyl (C=O) groups excluding carboxylic acids is 1. The van der Waals surface area contributed by atoms with E-state index in [4.69, 9.17) is 10.00 Å². The molecule has 1 aliphatic rings. The van der Waals surface area contributed by atoms with E-state index in [-0.39, 0.29) is 18.8 Å². The highest BCUT2D eigenvalue weighted by atomic mass is 16.5. The van der Waals surface area contributed by atoms with Crippen LogP contribution >= 0.6 is 0 Å². The number of carbonyl (C=O) groups is 1. The number of hydrogen-bond acceptors (Lipinski definition) is 3. The molecule has 0 radical (unpaired) electrons. The topological polar surface area (TPSA) is 50.1 Å². The number of Topliss-reactive ketones (excluding diaryl/α,β-unsaturated/α-hetero) is 1. The van der Waals surface area contributed by atoms with Crippen molar-refractivity contribution in [1.29, 1.82) is 5.26 Å². The SMILES string of the molecule is N#CCC(=O)COc1ccc2c(c1)CCC2. The number of ether oxygens (including phenoxy) is 1. The van der Waals surface area contributed by atoms with Crippen LogP contribution in [0.2, 0.25) is 0 Å². The minimum Gasteiger partial charge on any atom is -0.486 e. The van der Waals surface area contributed by atoms with Crippen LogP contribution in [0.5, 0.6) is 5.75 Å². The van der Waals surface area contributed by atoms with Crippen molar-refractivity contribution in [3.8, 4) is 11.8 Å². The quantitative estimate of drug-likeness (QED) is 0.772. The molecule has 1 aliphatic carbocycles. The van der Waals surface area contributed by atoms with Crippen LogP contribution in [0.3, 0.4) is 0 Å². The number of nitrogens with zero attached hydrogens (tertiary/aromatic N) is 1. The van der Waals surface area contributed by atoms with Gasteiger partial charge in [0.05, 0.1) is 12.5 Å². The van der Waals surface area contributed by atoms with Gasteiger partial charge in [0.1, 0.15) is 12.4 Å². The van der Waals surface area contributed by atoms with E-state index >= 15 is 0 Å². The van der Waals surface area contributed by atoms with Gasteiger partial charge in [0.15, 0.2) is 5.78 Å². The third-order valence-corrected chi connectivity index (χ3v) is 2.75. The van der Waals surface area contributed by atoms with E-state index in [0.717, 1.165) is 18.6 Å². The number of benzene rings is 1. The Morgan fingerprint density at radius 2 is 2.19 bits per heavy atom. The molecule has 0 saturated heterocycles. The molecule has 0 aliphatic heterocycles. The lowest BCUT2D eigenvalue weighted by molar-refractivity contribution is -0.120. The predicted molar refractivity (Wildman–Crippen MR) is 59.2 cm³/mol. The lowest BCUT2D eigenvalue weighted by atomic mass is 10.1. The van der Waals surface area contributed by atoms with Gasteiger partial charge in [-0.1, -0.05) is 6.07 Å². The van der Waals surface area contributed by atoms with Gasteiger partial charge >= 0.3 is 0 Å². The molecule has 1 aromatic carbocycles. The second kappa shape index (κ2) is 4.80. The van der Waals surface area contributed by atoms with Gasteiger partial charge in [0.2, 0.25) is 0 Å². The van der Waals surface area contributed by atoms with Crippen LogP contribution < -0.4 is 4.74 Å². The van der Waals surface area contributed by atoms with Crippen molar-refractivity contribution < 1.29 is 9.53 Å². The van der Waals surface area contributed by atoms with Gasteiger partial charge in [0, 0.05) is 0 Å². The maximum atomic E-state index is 11.1. The summed E-state index contributed by atoms with van der Waals surface area (Å²) < 4.78 is 5.34. The summed E-state index contributed by atoms with van der Waals surface area (Å²) in [5, 5.41) is 8.33. The van der Waals surface area contributed by atoms with Gasteiger partial charge in [-0.15, -0.1) is 0 Å². The summed E-state index contributed by atoms with van der Waals surface area (Å²) in [6.45, 7) is -0.00759. The standard InChI is InChI=1S/C13H13NO2/c14-7-6-12(15)9-16-13-5-4-10-2-1-3-11(10)8-13/h4-5,8H,1-3,6,9H2. The molecule has 1 aromatic rings. The Kier molecular flexibility index (Phi) is 3.21. The van der Waals surface area contributed by atoms with Crippen LogP contribution in [0.1, 0.15) is 24.0 Å². The highest BCUT2D eigenvalue weighted by Gasteiger charge is 2.11. The molecule has 0 heterocycles. The summed E-state index contributed by atoms with van der Waals surface area (Å²) in [4.78, 5) is 11.1. The number of rotatable bonds is 4. The fourth-order valence-electron chi connectivity index (χ4n) is 1.94. The van der Waals surface area contributed by atoms with Crippen molar-refractivity contribution in [2.45, 2.75) is 25.7 Å². The van der Waals surface area contributed by atoms with Gasteiger partial charge in [-0.05, 0) is 42.5 Å². The first-order valence-corrected chi connectivity index (χ1v) is 5.43. The Morgan fingerprint density at radius 1 is 1.38 bits per heavy atom. The summed E-state index contributed by atoms with van der Waals surface area (Å²) in [6.07, 6.45) is 3.36. The second-order valence-corrected chi connectivity index (χ2v) is 3.95. The number of nitriles is 1. The van der Waals surface area contributed by atoms with E-state index in [1.54, 1.807) is 0 Å². The smallest absolute Gasteiger partial charge is 0.184 e. The van der Waals surface area contributed by atoms with E-state index in [2.05, 4.69) is 6.07 Å².